The molecule has 0 bridgehead atoms. The van der Waals surface area contributed by atoms with Crippen molar-refractivity contribution in [2.24, 2.45) is 0 Å². The quantitative estimate of drug-likeness (QED) is 0.575. The minimum absolute atomic E-state index is 0.146. The maximum atomic E-state index is 12.3. The summed E-state index contributed by atoms with van der Waals surface area (Å²) in [4.78, 5) is 30.6. The molecule has 7 nitrogen and oxygen atoms in total. The molecule has 2 aromatic carbocycles. The number of hydrazine groups is 1. The second kappa shape index (κ2) is 9.66. The number of nitrogens with zero attached hydrogens (tertiary/aromatic N) is 2. The van der Waals surface area contributed by atoms with Gasteiger partial charge in [0, 0.05) is 35.7 Å². The molecule has 2 amide bonds. The predicted octanol–water partition coefficient (Wildman–Crippen LogP) is 3.53. The smallest absolute Gasteiger partial charge is 0.257 e. The van der Waals surface area contributed by atoms with E-state index < -0.39 is 0 Å². The van der Waals surface area contributed by atoms with Gasteiger partial charge in [-0.2, -0.15) is 0 Å². The molecule has 1 aliphatic heterocycles. The van der Waals surface area contributed by atoms with Crippen molar-refractivity contribution in [3.8, 4) is 11.3 Å². The average molecular weight is 439 g/mol. The van der Waals surface area contributed by atoms with Gasteiger partial charge in [0.1, 0.15) is 0 Å². The molecule has 8 heteroatoms. The Hall–Kier alpha value is -3.32. The summed E-state index contributed by atoms with van der Waals surface area (Å²) in [7, 11) is 0. The zero-order valence-corrected chi connectivity index (χ0v) is 17.7. The molecule has 160 valence electrons. The number of carbonyl (C=O) groups excluding carboxylic acids is 2. The zero-order chi connectivity index (χ0) is 21.6. The number of benzene rings is 2. The summed E-state index contributed by atoms with van der Waals surface area (Å²) < 4.78 is 5.69. The van der Waals surface area contributed by atoms with Gasteiger partial charge in [-0.1, -0.05) is 29.8 Å². The summed E-state index contributed by atoms with van der Waals surface area (Å²) in [5.41, 5.74) is 8.14. The van der Waals surface area contributed by atoms with Crippen molar-refractivity contribution in [3.05, 3.63) is 71.2 Å². The summed E-state index contributed by atoms with van der Waals surface area (Å²) in [5, 5.41) is 0.645. The lowest BCUT2D eigenvalue weighted by atomic mass is 10.0. The second-order valence-corrected chi connectivity index (χ2v) is 7.81. The number of amides is 2. The molecule has 0 radical (unpaired) electrons. The van der Waals surface area contributed by atoms with Crippen molar-refractivity contribution in [2.45, 2.75) is 25.7 Å². The molecule has 4 rings (SSSR count). The first-order valence-electron chi connectivity index (χ1n) is 10.2. The number of hydrogen-bond donors (Lipinski definition) is 2. The summed E-state index contributed by atoms with van der Waals surface area (Å²) in [5.74, 6) is 0.503. The number of fused-ring (bicyclic) bond motifs is 1. The number of rotatable bonds is 6. The molecule has 0 fully saturated rings. The molecule has 1 aliphatic rings. The average Bonchev–Trinajstić information content (AvgIpc) is 3.26. The maximum absolute atomic E-state index is 12.3. The standard InChI is InChI=1S/C23H23ClN4O3/c24-18-9-7-17(8-10-18)20-14-25-23(31-20)12-11-21(29)26-27-22(30)15-28-13-3-5-16-4-1-2-6-19(16)28/h1-2,4,6-10,14H,3,5,11-13,15H2,(H,26,29)(H,27,30). The molecule has 2 N–H and O–H groups in total. The van der Waals surface area contributed by atoms with Gasteiger partial charge in [-0.15, -0.1) is 0 Å². The lowest BCUT2D eigenvalue weighted by molar-refractivity contribution is -0.128. The van der Waals surface area contributed by atoms with E-state index in [1.54, 1.807) is 18.3 Å². The Balaban J connectivity index is 1.22. The largest absolute Gasteiger partial charge is 0.441 e. The third kappa shape index (κ3) is 5.44. The number of aryl methyl sites for hydroxylation is 2. The fourth-order valence-electron chi connectivity index (χ4n) is 3.58. The highest BCUT2D eigenvalue weighted by molar-refractivity contribution is 6.30. The van der Waals surface area contributed by atoms with Crippen LogP contribution in [0.4, 0.5) is 5.69 Å². The predicted molar refractivity (Wildman–Crippen MR) is 119 cm³/mol. The molecule has 2 heterocycles. The van der Waals surface area contributed by atoms with Crippen molar-refractivity contribution in [1.29, 1.82) is 0 Å². The maximum Gasteiger partial charge on any atom is 0.257 e. The van der Waals surface area contributed by atoms with Crippen LogP contribution in [0.5, 0.6) is 0 Å². The molecule has 0 spiro atoms. The van der Waals surface area contributed by atoms with Gasteiger partial charge in [-0.25, -0.2) is 4.98 Å². The van der Waals surface area contributed by atoms with Crippen LogP contribution >= 0.6 is 11.6 Å². The van der Waals surface area contributed by atoms with Gasteiger partial charge in [-0.05, 0) is 48.7 Å². The minimum atomic E-state index is -0.307. The van der Waals surface area contributed by atoms with Crippen molar-refractivity contribution in [3.63, 3.8) is 0 Å². The number of carbonyl (C=O) groups is 2. The van der Waals surface area contributed by atoms with Gasteiger partial charge >= 0.3 is 0 Å². The fraction of sp³-hybridized carbons (Fsp3) is 0.261. The van der Waals surface area contributed by atoms with Crippen LogP contribution in [0, 0.1) is 0 Å². The third-order valence-electron chi connectivity index (χ3n) is 5.13. The van der Waals surface area contributed by atoms with Gasteiger partial charge in [0.2, 0.25) is 5.91 Å². The van der Waals surface area contributed by atoms with E-state index in [4.69, 9.17) is 16.0 Å². The van der Waals surface area contributed by atoms with E-state index in [9.17, 15) is 9.59 Å². The van der Waals surface area contributed by atoms with Crippen molar-refractivity contribution in [2.75, 3.05) is 18.0 Å². The Kier molecular flexibility index (Phi) is 6.52. The molecule has 1 aromatic heterocycles. The number of hydrogen-bond acceptors (Lipinski definition) is 5. The molecule has 0 unspecified atom stereocenters. The molecule has 0 atom stereocenters. The number of aromatic nitrogens is 1. The lowest BCUT2D eigenvalue weighted by Crippen LogP contribution is -2.47. The van der Waals surface area contributed by atoms with Gasteiger partial charge in [-0.3, -0.25) is 20.4 Å². The third-order valence-corrected chi connectivity index (χ3v) is 5.38. The van der Waals surface area contributed by atoms with E-state index in [1.165, 1.54) is 5.56 Å². The molecule has 0 aliphatic carbocycles. The first-order chi connectivity index (χ1) is 15.1. The highest BCUT2D eigenvalue weighted by Gasteiger charge is 2.19. The minimum Gasteiger partial charge on any atom is -0.441 e. The fourth-order valence-corrected chi connectivity index (χ4v) is 3.71. The number of nitrogens with one attached hydrogen (secondary N) is 2. The van der Waals surface area contributed by atoms with Crippen LogP contribution in [0.2, 0.25) is 5.02 Å². The van der Waals surface area contributed by atoms with Crippen molar-refractivity contribution < 1.29 is 14.0 Å². The van der Waals surface area contributed by atoms with Gasteiger partial charge in [0.25, 0.3) is 5.91 Å². The van der Waals surface area contributed by atoms with Crippen LogP contribution in [-0.2, 0) is 22.4 Å². The Morgan fingerprint density at radius 3 is 2.68 bits per heavy atom. The van der Waals surface area contributed by atoms with Crippen LogP contribution in [-0.4, -0.2) is 29.9 Å². The highest BCUT2D eigenvalue weighted by Crippen LogP contribution is 2.26. The van der Waals surface area contributed by atoms with Gasteiger partial charge in [0.15, 0.2) is 11.7 Å². The topological polar surface area (TPSA) is 87.5 Å². The Bertz CT molecular complexity index is 1060. The highest BCUT2D eigenvalue weighted by atomic mass is 35.5. The van der Waals surface area contributed by atoms with Crippen LogP contribution in [0.15, 0.2) is 59.1 Å². The number of halogens is 1. The number of para-hydroxylation sites is 1. The zero-order valence-electron chi connectivity index (χ0n) is 16.9. The summed E-state index contributed by atoms with van der Waals surface area (Å²) in [6, 6.07) is 15.3. The molecule has 3 aromatic rings. The summed E-state index contributed by atoms with van der Waals surface area (Å²) in [6.45, 7) is 1.01. The van der Waals surface area contributed by atoms with E-state index >= 15 is 0 Å². The first-order valence-corrected chi connectivity index (χ1v) is 10.6. The van der Waals surface area contributed by atoms with Crippen LogP contribution < -0.4 is 15.8 Å². The SMILES string of the molecule is O=C(CCc1ncc(-c2ccc(Cl)cc2)o1)NNC(=O)CN1CCCc2ccccc21. The molecule has 31 heavy (non-hydrogen) atoms. The van der Waals surface area contributed by atoms with Gasteiger partial charge < -0.3 is 9.32 Å². The monoisotopic (exact) mass is 438 g/mol. The summed E-state index contributed by atoms with van der Waals surface area (Å²) >= 11 is 5.89. The first kappa shape index (κ1) is 20.9. The van der Waals surface area contributed by atoms with Crippen molar-refractivity contribution >= 4 is 29.1 Å². The number of oxazole rings is 1. The normalized spacial score (nSPS) is 12.9. The van der Waals surface area contributed by atoms with E-state index in [1.807, 2.05) is 35.2 Å². The number of anilines is 1. The van der Waals surface area contributed by atoms with E-state index in [0.717, 1.165) is 30.6 Å². The summed E-state index contributed by atoms with van der Waals surface area (Å²) in [6.07, 6.45) is 4.12. The molecular weight excluding hydrogens is 416 g/mol. The Morgan fingerprint density at radius 2 is 1.84 bits per heavy atom. The van der Waals surface area contributed by atoms with Gasteiger partial charge in [0.05, 0.1) is 12.7 Å². The second-order valence-electron chi connectivity index (χ2n) is 7.38. The molecular formula is C23H23ClN4O3. The van der Waals surface area contributed by atoms with Crippen LogP contribution in [0.25, 0.3) is 11.3 Å². The van der Waals surface area contributed by atoms with Crippen LogP contribution in [0.1, 0.15) is 24.3 Å². The Labute approximate surface area is 185 Å². The molecule has 0 saturated heterocycles. The van der Waals surface area contributed by atoms with E-state index in [2.05, 4.69) is 21.9 Å². The van der Waals surface area contributed by atoms with E-state index in [-0.39, 0.29) is 24.8 Å². The molecule has 0 saturated carbocycles. The van der Waals surface area contributed by atoms with E-state index in [0.29, 0.717) is 23.1 Å². The Morgan fingerprint density at radius 1 is 1.06 bits per heavy atom. The lowest BCUT2D eigenvalue weighted by Gasteiger charge is -2.30. The van der Waals surface area contributed by atoms with Crippen LogP contribution in [0.3, 0.4) is 0 Å². The van der Waals surface area contributed by atoms with Crippen molar-refractivity contribution in [1.82, 2.24) is 15.8 Å².